The minimum Gasteiger partial charge on any atom is -0.478 e. The predicted octanol–water partition coefficient (Wildman–Crippen LogP) is 5.03. The van der Waals surface area contributed by atoms with Crippen LogP contribution < -0.4 is 0 Å². The number of hydrogen-bond donors (Lipinski definition) is 1. The zero-order valence-electron chi connectivity index (χ0n) is 12.3. The molecule has 3 rings (SSSR count). The molecule has 0 fully saturated rings. The topological polar surface area (TPSA) is 37.3 Å². The SMILES string of the molecule is Cc1c(C(=O)O)ccc(-c2ccccc2)c1-c1ccccc1. The quantitative estimate of drug-likeness (QED) is 0.734. The summed E-state index contributed by atoms with van der Waals surface area (Å²) in [6.45, 7) is 1.87. The minimum absolute atomic E-state index is 0.346. The molecule has 0 amide bonds. The lowest BCUT2D eigenvalue weighted by Crippen LogP contribution is -2.02. The van der Waals surface area contributed by atoms with E-state index in [-0.39, 0.29) is 0 Å². The molecule has 0 radical (unpaired) electrons. The van der Waals surface area contributed by atoms with E-state index in [0.29, 0.717) is 5.56 Å². The van der Waals surface area contributed by atoms with Crippen LogP contribution >= 0.6 is 0 Å². The van der Waals surface area contributed by atoms with Crippen molar-refractivity contribution in [2.75, 3.05) is 0 Å². The van der Waals surface area contributed by atoms with Gasteiger partial charge in [0, 0.05) is 0 Å². The predicted molar refractivity (Wildman–Crippen MR) is 89.0 cm³/mol. The summed E-state index contributed by atoms with van der Waals surface area (Å²) in [7, 11) is 0. The van der Waals surface area contributed by atoms with Gasteiger partial charge in [0.15, 0.2) is 0 Å². The first-order chi connectivity index (χ1) is 10.7. The molecule has 0 saturated carbocycles. The number of carbonyl (C=O) groups is 1. The van der Waals surface area contributed by atoms with Crippen LogP contribution in [0, 0.1) is 6.92 Å². The van der Waals surface area contributed by atoms with Crippen LogP contribution in [0.5, 0.6) is 0 Å². The van der Waals surface area contributed by atoms with E-state index >= 15 is 0 Å². The summed E-state index contributed by atoms with van der Waals surface area (Å²) in [5, 5.41) is 9.40. The Kier molecular flexibility index (Phi) is 3.75. The van der Waals surface area contributed by atoms with Gasteiger partial charge in [0.05, 0.1) is 5.56 Å². The molecule has 0 bridgehead atoms. The zero-order chi connectivity index (χ0) is 15.5. The average Bonchev–Trinajstić information content (AvgIpc) is 2.55. The van der Waals surface area contributed by atoms with E-state index in [1.165, 1.54) is 0 Å². The van der Waals surface area contributed by atoms with Gasteiger partial charge in [0.1, 0.15) is 0 Å². The van der Waals surface area contributed by atoms with Crippen molar-refractivity contribution in [2.24, 2.45) is 0 Å². The second kappa shape index (κ2) is 5.86. The molecule has 3 aromatic carbocycles. The van der Waals surface area contributed by atoms with Gasteiger partial charge in [-0.1, -0.05) is 66.7 Å². The first-order valence-electron chi connectivity index (χ1n) is 7.16. The molecule has 0 aliphatic rings. The van der Waals surface area contributed by atoms with E-state index in [9.17, 15) is 9.90 Å². The van der Waals surface area contributed by atoms with Crippen LogP contribution in [-0.2, 0) is 0 Å². The Hall–Kier alpha value is -2.87. The summed E-state index contributed by atoms with van der Waals surface area (Å²) in [4.78, 5) is 11.5. The van der Waals surface area contributed by atoms with Gasteiger partial charge in [-0.2, -0.15) is 0 Å². The van der Waals surface area contributed by atoms with E-state index in [1.807, 2.05) is 73.7 Å². The summed E-state index contributed by atoms with van der Waals surface area (Å²) in [6, 6.07) is 23.6. The highest BCUT2D eigenvalue weighted by Gasteiger charge is 2.16. The van der Waals surface area contributed by atoms with Crippen molar-refractivity contribution in [2.45, 2.75) is 6.92 Å². The van der Waals surface area contributed by atoms with Crippen LogP contribution in [0.1, 0.15) is 15.9 Å². The number of carboxylic acids is 1. The molecule has 0 aromatic heterocycles. The molecule has 0 unspecified atom stereocenters. The van der Waals surface area contributed by atoms with Gasteiger partial charge >= 0.3 is 5.97 Å². The maximum atomic E-state index is 11.5. The van der Waals surface area contributed by atoms with Crippen LogP contribution in [0.4, 0.5) is 0 Å². The molecule has 0 spiro atoms. The monoisotopic (exact) mass is 288 g/mol. The summed E-state index contributed by atoms with van der Waals surface area (Å²) in [6.07, 6.45) is 0. The van der Waals surface area contributed by atoms with E-state index in [4.69, 9.17) is 0 Å². The second-order valence-electron chi connectivity index (χ2n) is 5.20. The first-order valence-corrected chi connectivity index (χ1v) is 7.16. The van der Waals surface area contributed by atoms with E-state index in [2.05, 4.69) is 0 Å². The molecule has 22 heavy (non-hydrogen) atoms. The smallest absolute Gasteiger partial charge is 0.335 e. The maximum Gasteiger partial charge on any atom is 0.335 e. The Morgan fingerprint density at radius 2 is 1.32 bits per heavy atom. The molecule has 2 heteroatoms. The van der Waals surface area contributed by atoms with Crippen molar-refractivity contribution in [3.05, 3.63) is 83.9 Å². The molecule has 0 atom stereocenters. The lowest BCUT2D eigenvalue weighted by Gasteiger charge is -2.15. The third kappa shape index (κ3) is 2.51. The van der Waals surface area contributed by atoms with Gasteiger partial charge in [0.25, 0.3) is 0 Å². The van der Waals surface area contributed by atoms with E-state index in [1.54, 1.807) is 6.07 Å². The number of carboxylic acid groups (broad SMARTS) is 1. The molecule has 108 valence electrons. The summed E-state index contributed by atoms with van der Waals surface area (Å²) in [5.41, 5.74) is 5.28. The maximum absolute atomic E-state index is 11.5. The van der Waals surface area contributed by atoms with Crippen molar-refractivity contribution in [1.29, 1.82) is 0 Å². The van der Waals surface area contributed by atoms with Gasteiger partial charge in [0.2, 0.25) is 0 Å². The summed E-state index contributed by atoms with van der Waals surface area (Å²) in [5.74, 6) is -0.894. The van der Waals surface area contributed by atoms with Crippen LogP contribution in [0.25, 0.3) is 22.3 Å². The van der Waals surface area contributed by atoms with Crippen molar-refractivity contribution in [1.82, 2.24) is 0 Å². The Balaban J connectivity index is 2.32. The van der Waals surface area contributed by atoms with Gasteiger partial charge in [-0.3, -0.25) is 0 Å². The van der Waals surface area contributed by atoms with Crippen LogP contribution in [0.3, 0.4) is 0 Å². The molecule has 3 aromatic rings. The van der Waals surface area contributed by atoms with Crippen molar-refractivity contribution in [3.63, 3.8) is 0 Å². The highest BCUT2D eigenvalue weighted by Crippen LogP contribution is 2.36. The summed E-state index contributed by atoms with van der Waals surface area (Å²) < 4.78 is 0. The van der Waals surface area contributed by atoms with E-state index in [0.717, 1.165) is 27.8 Å². The molecule has 1 N–H and O–H groups in total. The minimum atomic E-state index is -0.894. The second-order valence-corrected chi connectivity index (χ2v) is 5.20. The average molecular weight is 288 g/mol. The Labute approximate surface area is 129 Å². The molecule has 0 saturated heterocycles. The fourth-order valence-electron chi connectivity index (χ4n) is 2.78. The highest BCUT2D eigenvalue weighted by molar-refractivity contribution is 5.96. The van der Waals surface area contributed by atoms with Crippen molar-refractivity contribution in [3.8, 4) is 22.3 Å². The normalized spacial score (nSPS) is 10.4. The Bertz CT molecular complexity index is 806. The van der Waals surface area contributed by atoms with Gasteiger partial charge in [-0.25, -0.2) is 4.79 Å². The van der Waals surface area contributed by atoms with Crippen LogP contribution in [0.15, 0.2) is 72.8 Å². The number of benzene rings is 3. The van der Waals surface area contributed by atoms with Crippen molar-refractivity contribution < 1.29 is 9.90 Å². The first kappa shape index (κ1) is 14.1. The Morgan fingerprint density at radius 1 is 0.773 bits per heavy atom. The van der Waals surface area contributed by atoms with Crippen LogP contribution in [0.2, 0.25) is 0 Å². The molecule has 0 heterocycles. The zero-order valence-corrected chi connectivity index (χ0v) is 12.3. The number of aromatic carboxylic acids is 1. The highest BCUT2D eigenvalue weighted by atomic mass is 16.4. The molecular formula is C20H16O2. The lowest BCUT2D eigenvalue weighted by atomic mass is 9.88. The van der Waals surface area contributed by atoms with E-state index < -0.39 is 5.97 Å². The fourth-order valence-corrected chi connectivity index (χ4v) is 2.78. The van der Waals surface area contributed by atoms with Crippen molar-refractivity contribution >= 4 is 5.97 Å². The summed E-state index contributed by atoms with van der Waals surface area (Å²) >= 11 is 0. The third-order valence-electron chi connectivity index (χ3n) is 3.84. The van der Waals surface area contributed by atoms with Gasteiger partial charge in [-0.05, 0) is 40.8 Å². The lowest BCUT2D eigenvalue weighted by molar-refractivity contribution is 0.0696. The largest absolute Gasteiger partial charge is 0.478 e. The fraction of sp³-hybridized carbons (Fsp3) is 0.0500. The van der Waals surface area contributed by atoms with Gasteiger partial charge in [-0.15, -0.1) is 0 Å². The molecule has 2 nitrogen and oxygen atoms in total. The number of hydrogen-bond acceptors (Lipinski definition) is 1. The van der Waals surface area contributed by atoms with Gasteiger partial charge < -0.3 is 5.11 Å². The molecule has 0 aliphatic carbocycles. The third-order valence-corrected chi connectivity index (χ3v) is 3.84. The number of rotatable bonds is 3. The Morgan fingerprint density at radius 3 is 1.86 bits per heavy atom. The molecular weight excluding hydrogens is 272 g/mol. The molecule has 0 aliphatic heterocycles. The van der Waals surface area contributed by atoms with Crippen LogP contribution in [-0.4, -0.2) is 11.1 Å². The standard InChI is InChI=1S/C20H16O2/c1-14-17(20(21)22)12-13-18(15-8-4-2-5-9-15)19(14)16-10-6-3-7-11-16/h2-13H,1H3,(H,21,22).